The number of thiazole rings is 1. The molecule has 0 aliphatic carbocycles. The molecule has 0 bridgehead atoms. The molecule has 2 amide bonds. The standard InChI is InChI=1S/C27H28N4O3S/c1-30-12-14-31(15-13-30)26(33)21-9-11-23-24(18-21)35-27(28-23)29-25(32)7-4-16-34-22-10-8-19-5-2-3-6-20(19)17-22/h2-3,5-6,8-11,17-18H,4,7,12-16H2,1H3,(H,28,29,32). The van der Waals surface area contributed by atoms with Crippen LogP contribution in [-0.2, 0) is 4.79 Å². The van der Waals surface area contributed by atoms with Gasteiger partial charge in [0.2, 0.25) is 5.91 Å². The van der Waals surface area contributed by atoms with E-state index in [2.05, 4.69) is 34.4 Å². The van der Waals surface area contributed by atoms with E-state index in [-0.39, 0.29) is 11.8 Å². The second kappa shape index (κ2) is 10.4. The van der Waals surface area contributed by atoms with E-state index in [1.807, 2.05) is 53.4 Å². The monoisotopic (exact) mass is 488 g/mol. The average Bonchev–Trinajstić information content (AvgIpc) is 3.28. The third kappa shape index (κ3) is 5.61. The quantitative estimate of drug-likeness (QED) is 0.384. The fourth-order valence-corrected chi connectivity index (χ4v) is 5.09. The highest BCUT2D eigenvalue weighted by molar-refractivity contribution is 7.22. The summed E-state index contributed by atoms with van der Waals surface area (Å²) >= 11 is 1.39. The Hall–Kier alpha value is -3.49. The first kappa shape index (κ1) is 23.3. The van der Waals surface area contributed by atoms with Crippen molar-refractivity contribution in [3.63, 3.8) is 0 Å². The fourth-order valence-electron chi connectivity index (χ4n) is 4.16. The zero-order chi connectivity index (χ0) is 24.2. The second-order valence-corrected chi connectivity index (χ2v) is 9.84. The highest BCUT2D eigenvalue weighted by Gasteiger charge is 2.21. The number of hydrogen-bond acceptors (Lipinski definition) is 6. The molecule has 0 saturated carbocycles. The third-order valence-electron chi connectivity index (χ3n) is 6.21. The average molecular weight is 489 g/mol. The maximum absolute atomic E-state index is 12.9. The van der Waals surface area contributed by atoms with Gasteiger partial charge in [-0.05, 0) is 54.6 Å². The first-order valence-corrected chi connectivity index (χ1v) is 12.7. The van der Waals surface area contributed by atoms with E-state index in [4.69, 9.17) is 4.74 Å². The van der Waals surface area contributed by atoms with Gasteiger partial charge in [0.1, 0.15) is 5.75 Å². The van der Waals surface area contributed by atoms with Gasteiger partial charge < -0.3 is 19.9 Å². The molecule has 35 heavy (non-hydrogen) atoms. The van der Waals surface area contributed by atoms with E-state index in [0.29, 0.717) is 30.1 Å². The van der Waals surface area contributed by atoms with Crippen LogP contribution < -0.4 is 10.1 Å². The van der Waals surface area contributed by atoms with Gasteiger partial charge in [-0.1, -0.05) is 41.7 Å². The number of aromatic nitrogens is 1. The van der Waals surface area contributed by atoms with Crippen molar-refractivity contribution in [3.8, 4) is 5.75 Å². The van der Waals surface area contributed by atoms with E-state index in [1.165, 1.54) is 16.7 Å². The number of carbonyl (C=O) groups excluding carboxylic acids is 2. The maximum Gasteiger partial charge on any atom is 0.253 e. The number of amides is 2. The van der Waals surface area contributed by atoms with Crippen molar-refractivity contribution in [2.45, 2.75) is 12.8 Å². The van der Waals surface area contributed by atoms with Crippen molar-refractivity contribution in [1.82, 2.24) is 14.8 Å². The number of carbonyl (C=O) groups is 2. The Balaban J connectivity index is 1.12. The van der Waals surface area contributed by atoms with Gasteiger partial charge in [-0.25, -0.2) is 4.98 Å². The van der Waals surface area contributed by atoms with Crippen molar-refractivity contribution >= 4 is 49.3 Å². The minimum Gasteiger partial charge on any atom is -0.494 e. The van der Waals surface area contributed by atoms with Crippen LogP contribution in [0.1, 0.15) is 23.2 Å². The molecule has 0 unspecified atom stereocenters. The number of likely N-dealkylation sites (N-methyl/N-ethyl adjacent to an activating group) is 1. The van der Waals surface area contributed by atoms with Crippen molar-refractivity contribution in [1.29, 1.82) is 0 Å². The van der Waals surface area contributed by atoms with Crippen LogP contribution in [0, 0.1) is 0 Å². The van der Waals surface area contributed by atoms with Gasteiger partial charge >= 0.3 is 0 Å². The largest absolute Gasteiger partial charge is 0.494 e. The molecule has 180 valence electrons. The molecule has 1 aliphatic rings. The van der Waals surface area contributed by atoms with Crippen molar-refractivity contribution < 1.29 is 14.3 Å². The number of nitrogens with zero attached hydrogens (tertiary/aromatic N) is 3. The molecule has 4 aromatic rings. The number of ether oxygens (including phenoxy) is 1. The van der Waals surface area contributed by atoms with E-state index < -0.39 is 0 Å². The Morgan fingerprint density at radius 3 is 2.63 bits per heavy atom. The van der Waals surface area contributed by atoms with Gasteiger partial charge in [-0.3, -0.25) is 9.59 Å². The lowest BCUT2D eigenvalue weighted by atomic mass is 10.1. The molecule has 0 spiro atoms. The molecule has 3 aromatic carbocycles. The summed E-state index contributed by atoms with van der Waals surface area (Å²) in [5, 5.41) is 5.73. The second-order valence-electron chi connectivity index (χ2n) is 8.81. The number of piperazine rings is 1. The molecule has 2 heterocycles. The number of benzene rings is 3. The summed E-state index contributed by atoms with van der Waals surface area (Å²) < 4.78 is 6.71. The molecule has 1 aliphatic heterocycles. The third-order valence-corrected chi connectivity index (χ3v) is 7.14. The predicted molar refractivity (Wildman–Crippen MR) is 140 cm³/mol. The van der Waals surface area contributed by atoms with Gasteiger partial charge in [0.25, 0.3) is 5.91 Å². The lowest BCUT2D eigenvalue weighted by molar-refractivity contribution is -0.116. The SMILES string of the molecule is CN1CCN(C(=O)c2ccc3nc(NC(=O)CCCOc4ccc5ccccc5c4)sc3c2)CC1. The predicted octanol–water partition coefficient (Wildman–Crippen LogP) is 4.63. The zero-order valence-electron chi connectivity index (χ0n) is 19.7. The van der Waals surface area contributed by atoms with E-state index >= 15 is 0 Å². The highest BCUT2D eigenvalue weighted by atomic mass is 32.1. The number of rotatable bonds is 7. The summed E-state index contributed by atoms with van der Waals surface area (Å²) in [5.41, 5.74) is 1.44. The summed E-state index contributed by atoms with van der Waals surface area (Å²) in [6, 6.07) is 19.7. The van der Waals surface area contributed by atoms with Gasteiger partial charge in [-0.15, -0.1) is 0 Å². The van der Waals surface area contributed by atoms with Gasteiger partial charge in [0.15, 0.2) is 5.13 Å². The molecule has 1 fully saturated rings. The summed E-state index contributed by atoms with van der Waals surface area (Å²) in [7, 11) is 2.07. The van der Waals surface area contributed by atoms with Crippen LogP contribution in [0.5, 0.6) is 5.75 Å². The van der Waals surface area contributed by atoms with Crippen LogP contribution in [-0.4, -0.2) is 66.4 Å². The molecular formula is C27H28N4O3S. The highest BCUT2D eigenvalue weighted by Crippen LogP contribution is 2.28. The molecule has 1 N–H and O–H groups in total. The maximum atomic E-state index is 12.9. The van der Waals surface area contributed by atoms with Crippen LogP contribution in [0.2, 0.25) is 0 Å². The lowest BCUT2D eigenvalue weighted by Crippen LogP contribution is -2.47. The first-order chi connectivity index (χ1) is 17.0. The number of fused-ring (bicyclic) bond motifs is 2. The molecule has 1 saturated heterocycles. The Morgan fingerprint density at radius 2 is 1.80 bits per heavy atom. The topological polar surface area (TPSA) is 74.8 Å². The molecule has 5 rings (SSSR count). The van der Waals surface area contributed by atoms with Crippen LogP contribution in [0.4, 0.5) is 5.13 Å². The normalized spacial score (nSPS) is 14.4. The van der Waals surface area contributed by atoms with E-state index in [1.54, 1.807) is 0 Å². The number of anilines is 1. The van der Waals surface area contributed by atoms with Crippen LogP contribution in [0.25, 0.3) is 21.0 Å². The van der Waals surface area contributed by atoms with Gasteiger partial charge in [-0.2, -0.15) is 0 Å². The molecular weight excluding hydrogens is 460 g/mol. The molecule has 0 atom stereocenters. The number of nitrogens with one attached hydrogen (secondary N) is 1. The fraction of sp³-hybridized carbons (Fsp3) is 0.296. The minimum absolute atomic E-state index is 0.0467. The van der Waals surface area contributed by atoms with Crippen LogP contribution in [0.3, 0.4) is 0 Å². The smallest absolute Gasteiger partial charge is 0.253 e. The lowest BCUT2D eigenvalue weighted by Gasteiger charge is -2.32. The summed E-state index contributed by atoms with van der Waals surface area (Å²) in [6.07, 6.45) is 0.948. The Kier molecular flexibility index (Phi) is 6.92. The van der Waals surface area contributed by atoms with Crippen LogP contribution in [0.15, 0.2) is 60.7 Å². The van der Waals surface area contributed by atoms with Crippen molar-refractivity contribution in [3.05, 3.63) is 66.2 Å². The van der Waals surface area contributed by atoms with E-state index in [0.717, 1.165) is 47.5 Å². The Bertz CT molecular complexity index is 1360. The van der Waals surface area contributed by atoms with Crippen molar-refractivity contribution in [2.24, 2.45) is 0 Å². The van der Waals surface area contributed by atoms with Crippen LogP contribution >= 0.6 is 11.3 Å². The number of hydrogen-bond donors (Lipinski definition) is 1. The van der Waals surface area contributed by atoms with Crippen molar-refractivity contribution in [2.75, 3.05) is 45.2 Å². The minimum atomic E-state index is -0.0973. The molecule has 1 aromatic heterocycles. The first-order valence-electron chi connectivity index (χ1n) is 11.8. The molecule has 8 heteroatoms. The summed E-state index contributed by atoms with van der Waals surface area (Å²) in [6.45, 7) is 3.71. The molecule has 0 radical (unpaired) electrons. The Labute approximate surface area is 208 Å². The summed E-state index contributed by atoms with van der Waals surface area (Å²) in [4.78, 5) is 33.9. The van der Waals surface area contributed by atoms with Gasteiger partial charge in [0, 0.05) is 38.2 Å². The zero-order valence-corrected chi connectivity index (χ0v) is 20.5. The van der Waals surface area contributed by atoms with E-state index in [9.17, 15) is 9.59 Å². The summed E-state index contributed by atoms with van der Waals surface area (Å²) in [5.74, 6) is 0.752. The van der Waals surface area contributed by atoms with Gasteiger partial charge in [0.05, 0.1) is 16.8 Å². The Morgan fingerprint density at radius 1 is 1.00 bits per heavy atom. The molecule has 7 nitrogen and oxygen atoms in total.